The fourth-order valence-electron chi connectivity index (χ4n) is 1.41. The van der Waals surface area contributed by atoms with Gasteiger partial charge in [0.25, 0.3) is 0 Å². The lowest BCUT2D eigenvalue weighted by Gasteiger charge is -2.15. The van der Waals surface area contributed by atoms with Crippen LogP contribution in [0.1, 0.15) is 18.0 Å². The van der Waals surface area contributed by atoms with Gasteiger partial charge in [-0.2, -0.15) is 0 Å². The van der Waals surface area contributed by atoms with E-state index in [1.165, 1.54) is 14.2 Å². The summed E-state index contributed by atoms with van der Waals surface area (Å²) in [5.41, 5.74) is 6.26. The number of aromatic hydroxyl groups is 1. The molecule has 0 aliphatic carbocycles. The van der Waals surface area contributed by atoms with Gasteiger partial charge in [-0.05, 0) is 12.1 Å². The highest BCUT2D eigenvalue weighted by molar-refractivity contribution is 9.10. The van der Waals surface area contributed by atoms with Gasteiger partial charge in [-0.15, -0.1) is 0 Å². The SMILES string of the molecule is COC(=O)C[C@@H](N)c1cc(Br)cc(OC)c1O. The molecule has 0 heterocycles. The molecule has 17 heavy (non-hydrogen) atoms. The van der Waals surface area contributed by atoms with Crippen LogP contribution in [-0.4, -0.2) is 25.3 Å². The van der Waals surface area contributed by atoms with E-state index < -0.39 is 12.0 Å². The normalized spacial score (nSPS) is 12.0. The number of hydrogen-bond acceptors (Lipinski definition) is 5. The maximum absolute atomic E-state index is 11.1. The molecule has 0 saturated carbocycles. The Labute approximate surface area is 108 Å². The lowest BCUT2D eigenvalue weighted by molar-refractivity contribution is -0.141. The predicted octanol–water partition coefficient (Wildman–Crippen LogP) is 1.73. The molecule has 1 aromatic rings. The predicted molar refractivity (Wildman–Crippen MR) is 65.9 cm³/mol. The van der Waals surface area contributed by atoms with Gasteiger partial charge in [-0.25, -0.2) is 0 Å². The third-order valence-electron chi connectivity index (χ3n) is 2.30. The zero-order valence-corrected chi connectivity index (χ0v) is 11.2. The van der Waals surface area contributed by atoms with Crippen LogP contribution in [-0.2, 0) is 9.53 Å². The lowest BCUT2D eigenvalue weighted by atomic mass is 10.0. The minimum absolute atomic E-state index is 0.0103. The molecule has 1 rings (SSSR count). The zero-order valence-electron chi connectivity index (χ0n) is 9.57. The highest BCUT2D eigenvalue weighted by Gasteiger charge is 2.19. The van der Waals surface area contributed by atoms with Crippen molar-refractivity contribution in [1.82, 2.24) is 0 Å². The largest absolute Gasteiger partial charge is 0.504 e. The van der Waals surface area contributed by atoms with Gasteiger partial charge in [0.2, 0.25) is 0 Å². The van der Waals surface area contributed by atoms with Crippen LogP contribution in [0.2, 0.25) is 0 Å². The number of methoxy groups -OCH3 is 2. The summed E-state index contributed by atoms with van der Waals surface area (Å²) in [6, 6.07) is 2.61. The number of carbonyl (C=O) groups is 1. The smallest absolute Gasteiger partial charge is 0.307 e. The van der Waals surface area contributed by atoms with Gasteiger partial charge >= 0.3 is 5.97 Å². The number of nitrogens with two attached hydrogens (primary N) is 1. The van der Waals surface area contributed by atoms with Crippen LogP contribution in [0.3, 0.4) is 0 Å². The summed E-state index contributed by atoms with van der Waals surface area (Å²) in [7, 11) is 2.73. The maximum Gasteiger partial charge on any atom is 0.307 e. The van der Waals surface area contributed by atoms with Crippen LogP contribution < -0.4 is 10.5 Å². The Kier molecular flexibility index (Phi) is 4.77. The van der Waals surface area contributed by atoms with E-state index in [1.807, 2.05) is 0 Å². The van der Waals surface area contributed by atoms with Gasteiger partial charge in [0.05, 0.1) is 20.6 Å². The molecule has 1 atom stereocenters. The van der Waals surface area contributed by atoms with Crippen molar-refractivity contribution < 1.29 is 19.4 Å². The summed E-state index contributed by atoms with van der Waals surface area (Å²) >= 11 is 3.28. The number of esters is 1. The van der Waals surface area contributed by atoms with E-state index in [4.69, 9.17) is 10.5 Å². The Hall–Kier alpha value is -1.27. The molecule has 1 aromatic carbocycles. The number of rotatable bonds is 4. The van der Waals surface area contributed by atoms with E-state index in [0.29, 0.717) is 15.8 Å². The van der Waals surface area contributed by atoms with E-state index in [0.717, 1.165) is 0 Å². The van der Waals surface area contributed by atoms with Gasteiger partial charge in [0, 0.05) is 16.1 Å². The van der Waals surface area contributed by atoms with E-state index in [-0.39, 0.29) is 12.2 Å². The monoisotopic (exact) mass is 303 g/mol. The second-order valence-corrected chi connectivity index (χ2v) is 4.35. The standard InChI is InChI=1S/C11H14BrNO4/c1-16-9-4-6(12)3-7(11(9)15)8(13)5-10(14)17-2/h3-4,8,15H,5,13H2,1-2H3/t8-/m1/s1. The molecular weight excluding hydrogens is 290 g/mol. The molecule has 0 bridgehead atoms. The van der Waals surface area contributed by atoms with Crippen molar-refractivity contribution in [3.63, 3.8) is 0 Å². The van der Waals surface area contributed by atoms with Crippen molar-refractivity contribution in [2.24, 2.45) is 5.73 Å². The molecule has 94 valence electrons. The average molecular weight is 304 g/mol. The van der Waals surface area contributed by atoms with Crippen molar-refractivity contribution in [2.75, 3.05) is 14.2 Å². The molecule has 0 fully saturated rings. The fraction of sp³-hybridized carbons (Fsp3) is 0.364. The maximum atomic E-state index is 11.1. The molecule has 0 saturated heterocycles. The number of phenols is 1. The molecule has 5 nitrogen and oxygen atoms in total. The van der Waals surface area contributed by atoms with Gasteiger partial charge in [-0.3, -0.25) is 4.79 Å². The van der Waals surface area contributed by atoms with Crippen molar-refractivity contribution in [1.29, 1.82) is 0 Å². The minimum atomic E-state index is -0.645. The fourth-order valence-corrected chi connectivity index (χ4v) is 1.86. The summed E-state index contributed by atoms with van der Waals surface area (Å²) in [5.74, 6) is -0.197. The summed E-state index contributed by atoms with van der Waals surface area (Å²) < 4.78 is 10.2. The van der Waals surface area contributed by atoms with Crippen LogP contribution in [0.4, 0.5) is 0 Å². The van der Waals surface area contributed by atoms with Crippen molar-refractivity contribution in [3.8, 4) is 11.5 Å². The first kappa shape index (κ1) is 13.8. The van der Waals surface area contributed by atoms with Gasteiger partial charge in [0.1, 0.15) is 0 Å². The number of carbonyl (C=O) groups excluding carboxylic acids is 1. The van der Waals surface area contributed by atoms with Gasteiger partial charge < -0.3 is 20.3 Å². The van der Waals surface area contributed by atoms with Crippen LogP contribution in [0.25, 0.3) is 0 Å². The Morgan fingerprint density at radius 1 is 1.53 bits per heavy atom. The molecule has 0 aliphatic rings. The second kappa shape index (κ2) is 5.88. The Bertz CT molecular complexity index is 422. The number of ether oxygens (including phenoxy) is 2. The van der Waals surface area contributed by atoms with Crippen molar-refractivity contribution in [3.05, 3.63) is 22.2 Å². The first-order valence-corrected chi connectivity index (χ1v) is 5.67. The van der Waals surface area contributed by atoms with Crippen LogP contribution >= 0.6 is 15.9 Å². The topological polar surface area (TPSA) is 81.8 Å². The molecule has 6 heteroatoms. The summed E-state index contributed by atoms with van der Waals surface area (Å²) in [6.07, 6.45) is -0.0103. The molecule has 0 amide bonds. The van der Waals surface area contributed by atoms with E-state index in [2.05, 4.69) is 20.7 Å². The first-order valence-electron chi connectivity index (χ1n) is 4.88. The molecule has 0 spiro atoms. The first-order chi connectivity index (χ1) is 7.99. The van der Waals surface area contributed by atoms with Crippen LogP contribution in [0, 0.1) is 0 Å². The number of phenolic OH excluding ortho intramolecular Hbond substituents is 1. The molecule has 0 radical (unpaired) electrons. The Balaban J connectivity index is 3.04. The average Bonchev–Trinajstić information content (AvgIpc) is 2.31. The van der Waals surface area contributed by atoms with Crippen LogP contribution in [0.15, 0.2) is 16.6 Å². The molecule has 0 aromatic heterocycles. The number of benzene rings is 1. The Morgan fingerprint density at radius 3 is 2.71 bits per heavy atom. The molecule has 0 unspecified atom stereocenters. The van der Waals surface area contributed by atoms with Crippen molar-refractivity contribution in [2.45, 2.75) is 12.5 Å². The van der Waals surface area contributed by atoms with Gasteiger partial charge in [-0.1, -0.05) is 15.9 Å². The van der Waals surface area contributed by atoms with E-state index in [1.54, 1.807) is 12.1 Å². The summed E-state index contributed by atoms with van der Waals surface area (Å²) in [4.78, 5) is 11.1. The quantitative estimate of drug-likeness (QED) is 0.828. The minimum Gasteiger partial charge on any atom is -0.504 e. The van der Waals surface area contributed by atoms with E-state index in [9.17, 15) is 9.90 Å². The molecular formula is C11H14BrNO4. The van der Waals surface area contributed by atoms with Crippen molar-refractivity contribution >= 4 is 21.9 Å². The summed E-state index contributed by atoms with van der Waals surface area (Å²) in [6.45, 7) is 0. The summed E-state index contributed by atoms with van der Waals surface area (Å²) in [5, 5.41) is 9.89. The van der Waals surface area contributed by atoms with Crippen LogP contribution in [0.5, 0.6) is 11.5 Å². The Morgan fingerprint density at radius 2 is 2.18 bits per heavy atom. The zero-order chi connectivity index (χ0) is 13.0. The second-order valence-electron chi connectivity index (χ2n) is 3.43. The van der Waals surface area contributed by atoms with E-state index >= 15 is 0 Å². The lowest BCUT2D eigenvalue weighted by Crippen LogP contribution is -2.16. The third kappa shape index (κ3) is 3.34. The van der Waals surface area contributed by atoms with Gasteiger partial charge in [0.15, 0.2) is 11.5 Å². The molecule has 3 N–H and O–H groups in total. The number of hydrogen-bond donors (Lipinski definition) is 2. The third-order valence-corrected chi connectivity index (χ3v) is 2.76. The number of halogens is 1. The highest BCUT2D eigenvalue weighted by atomic mass is 79.9. The highest BCUT2D eigenvalue weighted by Crippen LogP contribution is 2.37. The molecule has 0 aliphatic heterocycles.